The van der Waals surface area contributed by atoms with Crippen LogP contribution in [0.5, 0.6) is 0 Å². The molecule has 0 aromatic heterocycles. The topological polar surface area (TPSA) is 70.1 Å². The van der Waals surface area contributed by atoms with Crippen molar-refractivity contribution in [1.82, 2.24) is 9.80 Å². The maximum atomic E-state index is 12.7. The van der Waals surface area contributed by atoms with Crippen molar-refractivity contribution in [3.8, 4) is 0 Å². The third-order valence-electron chi connectivity index (χ3n) is 4.01. The summed E-state index contributed by atoms with van der Waals surface area (Å²) in [6, 6.07) is -0.0644. The Balaban J connectivity index is 2.06. The van der Waals surface area contributed by atoms with Crippen LogP contribution >= 0.6 is 0 Å². The smallest absolute Gasteiger partial charge is 0.320 e. The van der Waals surface area contributed by atoms with Gasteiger partial charge in [-0.2, -0.15) is 0 Å². The largest absolute Gasteiger partial charge is 0.481 e. The zero-order chi connectivity index (χ0) is 15.8. The molecule has 0 radical (unpaired) electrons. The molecule has 0 spiro atoms. The number of hydrogen-bond acceptors (Lipinski definition) is 3. The summed E-state index contributed by atoms with van der Waals surface area (Å²) in [5, 5.41) is 9.14. The SMILES string of the molecule is CC1(C)CN(C(=O)N2CCC[C@H](C(=O)O)C2)CC(C)(C)O1. The van der Waals surface area contributed by atoms with Gasteiger partial charge in [-0.15, -0.1) is 0 Å². The molecule has 2 amide bonds. The molecule has 1 N–H and O–H groups in total. The molecule has 0 bridgehead atoms. The summed E-state index contributed by atoms with van der Waals surface area (Å²) < 4.78 is 5.98. The van der Waals surface area contributed by atoms with Crippen LogP contribution in [0.3, 0.4) is 0 Å². The molecule has 2 aliphatic rings. The lowest BCUT2D eigenvalue weighted by Gasteiger charge is -2.48. The van der Waals surface area contributed by atoms with Gasteiger partial charge in [0.15, 0.2) is 0 Å². The highest BCUT2D eigenvalue weighted by Crippen LogP contribution is 2.29. The number of morpholine rings is 1. The van der Waals surface area contributed by atoms with Gasteiger partial charge in [-0.25, -0.2) is 4.79 Å². The lowest BCUT2D eigenvalue weighted by molar-refractivity contribution is -0.172. The number of carbonyl (C=O) groups is 2. The van der Waals surface area contributed by atoms with Gasteiger partial charge in [-0.05, 0) is 40.5 Å². The van der Waals surface area contributed by atoms with Crippen molar-refractivity contribution in [2.45, 2.75) is 51.7 Å². The van der Waals surface area contributed by atoms with Crippen LogP contribution < -0.4 is 0 Å². The van der Waals surface area contributed by atoms with Gasteiger partial charge in [0.2, 0.25) is 0 Å². The predicted molar refractivity (Wildman–Crippen MR) is 78.1 cm³/mol. The monoisotopic (exact) mass is 298 g/mol. The van der Waals surface area contributed by atoms with Crippen molar-refractivity contribution in [2.24, 2.45) is 5.92 Å². The Morgan fingerprint density at radius 3 is 2.19 bits per heavy atom. The van der Waals surface area contributed by atoms with E-state index in [1.54, 1.807) is 9.80 Å². The van der Waals surface area contributed by atoms with E-state index in [0.29, 0.717) is 32.6 Å². The van der Waals surface area contributed by atoms with Gasteiger partial charge < -0.3 is 19.6 Å². The van der Waals surface area contributed by atoms with E-state index >= 15 is 0 Å². The number of rotatable bonds is 1. The Hall–Kier alpha value is -1.30. The van der Waals surface area contributed by atoms with E-state index in [1.165, 1.54) is 0 Å². The van der Waals surface area contributed by atoms with Gasteiger partial charge in [0.1, 0.15) is 0 Å². The van der Waals surface area contributed by atoms with Crippen molar-refractivity contribution in [2.75, 3.05) is 26.2 Å². The van der Waals surface area contributed by atoms with Crippen LogP contribution in [0.2, 0.25) is 0 Å². The van der Waals surface area contributed by atoms with Crippen molar-refractivity contribution in [1.29, 1.82) is 0 Å². The number of carboxylic acids is 1. The van der Waals surface area contributed by atoms with E-state index in [9.17, 15) is 9.59 Å². The fraction of sp³-hybridized carbons (Fsp3) is 0.867. The minimum absolute atomic E-state index is 0.0644. The Kier molecular flexibility index (Phi) is 4.19. The van der Waals surface area contributed by atoms with E-state index in [-0.39, 0.29) is 17.2 Å². The first-order valence-electron chi connectivity index (χ1n) is 7.56. The first kappa shape index (κ1) is 16.1. The van der Waals surface area contributed by atoms with Crippen molar-refractivity contribution < 1.29 is 19.4 Å². The lowest BCUT2D eigenvalue weighted by Crippen LogP contribution is -2.61. The molecule has 21 heavy (non-hydrogen) atoms. The molecule has 120 valence electrons. The number of carbonyl (C=O) groups excluding carboxylic acids is 1. The molecule has 2 saturated heterocycles. The molecule has 0 unspecified atom stereocenters. The Bertz CT molecular complexity index is 417. The summed E-state index contributed by atoms with van der Waals surface area (Å²) in [4.78, 5) is 27.3. The molecule has 0 aromatic carbocycles. The summed E-state index contributed by atoms with van der Waals surface area (Å²) >= 11 is 0. The van der Waals surface area contributed by atoms with E-state index in [1.807, 2.05) is 27.7 Å². The molecule has 2 fully saturated rings. The molecular weight excluding hydrogens is 272 g/mol. The van der Waals surface area contributed by atoms with Gasteiger partial charge >= 0.3 is 12.0 Å². The van der Waals surface area contributed by atoms with Crippen LogP contribution in [-0.2, 0) is 9.53 Å². The third-order valence-corrected chi connectivity index (χ3v) is 4.01. The van der Waals surface area contributed by atoms with E-state index < -0.39 is 11.9 Å². The van der Waals surface area contributed by atoms with Crippen LogP contribution in [-0.4, -0.2) is 64.3 Å². The first-order valence-corrected chi connectivity index (χ1v) is 7.56. The maximum absolute atomic E-state index is 12.7. The van der Waals surface area contributed by atoms with E-state index in [0.717, 1.165) is 6.42 Å². The number of ether oxygens (including phenoxy) is 1. The standard InChI is InChI=1S/C15H26N2O4/c1-14(2)9-17(10-15(3,4)21-14)13(20)16-7-5-6-11(8-16)12(18)19/h11H,5-10H2,1-4H3,(H,18,19)/t11-/m0/s1. The quantitative estimate of drug-likeness (QED) is 0.801. The normalized spacial score (nSPS) is 28.3. The predicted octanol–water partition coefficient (Wildman–Crippen LogP) is 1.79. The summed E-state index contributed by atoms with van der Waals surface area (Å²) in [7, 11) is 0. The first-order chi connectivity index (χ1) is 9.60. The number of likely N-dealkylation sites (tertiary alicyclic amines) is 1. The summed E-state index contributed by atoms with van der Waals surface area (Å²) in [6.07, 6.45) is 1.40. The van der Waals surface area contributed by atoms with Crippen molar-refractivity contribution >= 4 is 12.0 Å². The van der Waals surface area contributed by atoms with Gasteiger partial charge in [0.25, 0.3) is 0 Å². The van der Waals surface area contributed by atoms with Crippen molar-refractivity contribution in [3.05, 3.63) is 0 Å². The molecule has 6 nitrogen and oxygen atoms in total. The second kappa shape index (κ2) is 5.48. The van der Waals surface area contributed by atoms with Gasteiger partial charge in [0, 0.05) is 13.1 Å². The Labute approximate surface area is 126 Å². The number of piperidine rings is 1. The number of carboxylic acid groups (broad SMARTS) is 1. The minimum Gasteiger partial charge on any atom is -0.481 e. The second-order valence-corrected chi connectivity index (χ2v) is 7.38. The molecule has 6 heteroatoms. The zero-order valence-corrected chi connectivity index (χ0v) is 13.4. The molecular formula is C15H26N2O4. The molecule has 0 aliphatic carbocycles. The Morgan fingerprint density at radius 1 is 1.10 bits per heavy atom. The third kappa shape index (κ3) is 3.87. The van der Waals surface area contributed by atoms with Crippen LogP contribution in [0.15, 0.2) is 0 Å². The fourth-order valence-corrected chi connectivity index (χ4v) is 3.48. The molecule has 0 saturated carbocycles. The average Bonchev–Trinajstić information content (AvgIpc) is 2.34. The highest BCUT2D eigenvalue weighted by Gasteiger charge is 2.42. The minimum atomic E-state index is -0.810. The van der Waals surface area contributed by atoms with Gasteiger partial charge in [0.05, 0.1) is 30.2 Å². The van der Waals surface area contributed by atoms with E-state index in [2.05, 4.69) is 0 Å². The van der Waals surface area contributed by atoms with Crippen LogP contribution in [0.25, 0.3) is 0 Å². The lowest BCUT2D eigenvalue weighted by atomic mass is 9.97. The number of hydrogen-bond donors (Lipinski definition) is 1. The van der Waals surface area contributed by atoms with Crippen molar-refractivity contribution in [3.63, 3.8) is 0 Å². The molecule has 2 aliphatic heterocycles. The van der Waals surface area contributed by atoms with Crippen LogP contribution in [0.1, 0.15) is 40.5 Å². The maximum Gasteiger partial charge on any atom is 0.320 e. The fourth-order valence-electron chi connectivity index (χ4n) is 3.48. The highest BCUT2D eigenvalue weighted by atomic mass is 16.5. The van der Waals surface area contributed by atoms with Gasteiger partial charge in [-0.1, -0.05) is 0 Å². The van der Waals surface area contributed by atoms with Gasteiger partial charge in [-0.3, -0.25) is 4.79 Å². The number of urea groups is 1. The number of amides is 2. The summed E-state index contributed by atoms with van der Waals surface area (Å²) in [5.41, 5.74) is -0.779. The highest BCUT2D eigenvalue weighted by molar-refractivity contribution is 5.77. The summed E-state index contributed by atoms with van der Waals surface area (Å²) in [5.74, 6) is -1.25. The average molecular weight is 298 g/mol. The molecule has 2 rings (SSSR count). The number of nitrogens with zero attached hydrogens (tertiary/aromatic N) is 2. The molecule has 1 atom stereocenters. The van der Waals surface area contributed by atoms with E-state index in [4.69, 9.17) is 9.84 Å². The molecule has 0 aromatic rings. The Morgan fingerprint density at radius 2 is 1.67 bits per heavy atom. The zero-order valence-electron chi connectivity index (χ0n) is 13.4. The van der Waals surface area contributed by atoms with Crippen LogP contribution in [0.4, 0.5) is 4.79 Å². The second-order valence-electron chi connectivity index (χ2n) is 7.38. The van der Waals surface area contributed by atoms with Crippen LogP contribution in [0, 0.1) is 5.92 Å². The molecule has 2 heterocycles. The summed E-state index contributed by atoms with van der Waals surface area (Å²) in [6.45, 7) is 9.92. The number of aliphatic carboxylic acids is 1.